The van der Waals surface area contributed by atoms with Crippen molar-refractivity contribution >= 4 is 29.9 Å². The van der Waals surface area contributed by atoms with Crippen molar-refractivity contribution in [3.63, 3.8) is 0 Å². The summed E-state index contributed by atoms with van der Waals surface area (Å²) in [6.07, 6.45) is -4.17. The van der Waals surface area contributed by atoms with Gasteiger partial charge in [-0.15, -0.1) is 24.0 Å². The van der Waals surface area contributed by atoms with E-state index in [0.717, 1.165) is 6.42 Å². The molecule has 0 aromatic rings. The van der Waals surface area contributed by atoms with E-state index in [4.69, 9.17) is 5.73 Å². The molecule has 0 aliphatic heterocycles. The van der Waals surface area contributed by atoms with Gasteiger partial charge in [0.25, 0.3) is 0 Å². The number of rotatable bonds is 5. The molecule has 0 aromatic heterocycles. The number of hydrogen-bond donors (Lipinski definition) is 2. The molecule has 3 nitrogen and oxygen atoms in total. The highest BCUT2D eigenvalue weighted by molar-refractivity contribution is 14.0. The van der Waals surface area contributed by atoms with Crippen molar-refractivity contribution in [1.29, 1.82) is 0 Å². The molecule has 0 aliphatic carbocycles. The van der Waals surface area contributed by atoms with Crippen LogP contribution in [0.15, 0.2) is 4.99 Å². The summed E-state index contributed by atoms with van der Waals surface area (Å²) in [5.41, 5.74) is 5.36. The minimum absolute atomic E-state index is 0. The van der Waals surface area contributed by atoms with E-state index >= 15 is 0 Å². The van der Waals surface area contributed by atoms with E-state index in [2.05, 4.69) is 10.3 Å². The lowest BCUT2D eigenvalue weighted by atomic mass is 10.1. The van der Waals surface area contributed by atoms with Crippen LogP contribution >= 0.6 is 24.0 Å². The lowest BCUT2D eigenvalue weighted by molar-refractivity contribution is -0.132. The fourth-order valence-corrected chi connectivity index (χ4v) is 0.831. The zero-order valence-electron chi connectivity index (χ0n) is 9.47. The van der Waals surface area contributed by atoms with Gasteiger partial charge in [0.1, 0.15) is 0 Å². The number of nitrogens with one attached hydrogen (secondary N) is 1. The Morgan fingerprint density at radius 1 is 1.38 bits per heavy atom. The Labute approximate surface area is 111 Å². The largest absolute Gasteiger partial charge is 0.390 e. The molecule has 0 radical (unpaired) electrons. The molecule has 0 bridgehead atoms. The second-order valence-corrected chi connectivity index (χ2v) is 3.74. The number of halogens is 4. The second kappa shape index (κ2) is 8.89. The van der Waals surface area contributed by atoms with Crippen LogP contribution < -0.4 is 11.1 Å². The molecule has 16 heavy (non-hydrogen) atoms. The van der Waals surface area contributed by atoms with Crippen molar-refractivity contribution in [2.24, 2.45) is 16.6 Å². The minimum Gasteiger partial charge on any atom is -0.370 e. The summed E-state index contributed by atoms with van der Waals surface area (Å²) in [6.45, 7) is 4.41. The highest BCUT2D eigenvalue weighted by atomic mass is 127. The number of hydrogen-bond acceptors (Lipinski definition) is 1. The molecule has 0 atom stereocenters. The summed E-state index contributed by atoms with van der Waals surface area (Å²) >= 11 is 0. The van der Waals surface area contributed by atoms with Gasteiger partial charge in [-0.3, -0.25) is 4.99 Å². The zero-order valence-corrected chi connectivity index (χ0v) is 11.8. The van der Waals surface area contributed by atoms with Crippen LogP contribution in [-0.4, -0.2) is 25.2 Å². The molecule has 0 amide bonds. The summed E-state index contributed by atoms with van der Waals surface area (Å²) < 4.78 is 35.2. The first-order valence-corrected chi connectivity index (χ1v) is 4.92. The number of nitrogens with two attached hydrogens (primary N) is 1. The third kappa shape index (κ3) is 13.8. The molecule has 7 heteroatoms. The minimum atomic E-state index is -4.15. The van der Waals surface area contributed by atoms with Gasteiger partial charge in [-0.25, -0.2) is 0 Å². The predicted molar refractivity (Wildman–Crippen MR) is 70.0 cm³/mol. The van der Waals surface area contributed by atoms with Crippen molar-refractivity contribution in [1.82, 2.24) is 5.32 Å². The van der Waals surface area contributed by atoms with Crippen LogP contribution in [0.1, 0.15) is 26.7 Å². The molecule has 0 heterocycles. The molecule has 3 N–H and O–H groups in total. The Kier molecular flexibility index (Phi) is 10.1. The third-order valence-corrected chi connectivity index (χ3v) is 1.70. The van der Waals surface area contributed by atoms with Gasteiger partial charge in [0.15, 0.2) is 5.96 Å². The maximum absolute atomic E-state index is 11.7. The molecule has 0 saturated carbocycles. The van der Waals surface area contributed by atoms with Gasteiger partial charge < -0.3 is 11.1 Å². The maximum atomic E-state index is 11.7. The van der Waals surface area contributed by atoms with E-state index in [1.165, 1.54) is 0 Å². The van der Waals surface area contributed by atoms with Gasteiger partial charge in [0.2, 0.25) is 0 Å². The Morgan fingerprint density at radius 2 is 1.94 bits per heavy atom. The molecule has 98 valence electrons. The monoisotopic (exact) mass is 353 g/mol. The van der Waals surface area contributed by atoms with Crippen molar-refractivity contribution < 1.29 is 13.2 Å². The number of guanidine groups is 1. The number of aliphatic imine (C=N–C) groups is 1. The molecule has 0 rings (SSSR count). The van der Waals surface area contributed by atoms with Crippen molar-refractivity contribution in [3.8, 4) is 0 Å². The van der Waals surface area contributed by atoms with Crippen LogP contribution in [0.5, 0.6) is 0 Å². The standard InChI is InChI=1S/C9H18F3N3.HI/c1-7(2)3-5-14-8(13)15-6-4-9(10,11)12;/h7H,3-6H2,1-2H3,(H3,13,14,15);1H. The number of alkyl halides is 3. The van der Waals surface area contributed by atoms with Crippen LogP contribution in [0.4, 0.5) is 13.2 Å². The molecule has 0 fully saturated rings. The summed E-state index contributed by atoms with van der Waals surface area (Å²) in [5.74, 6) is 0.594. The van der Waals surface area contributed by atoms with E-state index < -0.39 is 12.6 Å². The van der Waals surface area contributed by atoms with Crippen LogP contribution in [-0.2, 0) is 0 Å². The molecule has 0 spiro atoms. The summed E-state index contributed by atoms with van der Waals surface area (Å²) in [5, 5.41) is 2.42. The quantitative estimate of drug-likeness (QED) is 0.453. The zero-order chi connectivity index (χ0) is 11.9. The van der Waals surface area contributed by atoms with Crippen LogP contribution in [0, 0.1) is 5.92 Å². The van der Waals surface area contributed by atoms with Gasteiger partial charge in [0.05, 0.1) is 6.42 Å². The average Bonchev–Trinajstić information content (AvgIpc) is 2.00. The first kappa shape index (κ1) is 18.2. The molecule has 0 aromatic carbocycles. The summed E-state index contributed by atoms with van der Waals surface area (Å²) in [7, 11) is 0. The molecule has 0 unspecified atom stereocenters. The van der Waals surface area contributed by atoms with Crippen molar-refractivity contribution in [3.05, 3.63) is 0 Å². The van der Waals surface area contributed by atoms with Gasteiger partial charge in [0, 0.05) is 13.1 Å². The van der Waals surface area contributed by atoms with Crippen LogP contribution in [0.2, 0.25) is 0 Å². The first-order valence-electron chi connectivity index (χ1n) is 4.92. The molecular formula is C9H19F3IN3. The maximum Gasteiger partial charge on any atom is 0.390 e. The van der Waals surface area contributed by atoms with E-state index in [1.807, 2.05) is 13.8 Å². The van der Waals surface area contributed by atoms with Crippen molar-refractivity contribution in [2.75, 3.05) is 13.1 Å². The third-order valence-electron chi connectivity index (χ3n) is 1.70. The summed E-state index contributed by atoms with van der Waals surface area (Å²) in [6, 6.07) is 0. The van der Waals surface area contributed by atoms with E-state index in [1.54, 1.807) is 0 Å². The number of nitrogens with zero attached hydrogens (tertiary/aromatic N) is 1. The lowest BCUT2D eigenvalue weighted by Gasteiger charge is -2.08. The Morgan fingerprint density at radius 3 is 2.38 bits per heavy atom. The highest BCUT2D eigenvalue weighted by Crippen LogP contribution is 2.17. The smallest absolute Gasteiger partial charge is 0.370 e. The SMILES string of the molecule is CC(C)CCN=C(N)NCCC(F)(F)F.I. The highest BCUT2D eigenvalue weighted by Gasteiger charge is 2.26. The van der Waals surface area contributed by atoms with Crippen molar-refractivity contribution in [2.45, 2.75) is 32.9 Å². The van der Waals surface area contributed by atoms with Gasteiger partial charge in [-0.1, -0.05) is 13.8 Å². The molecule has 0 saturated heterocycles. The van der Waals surface area contributed by atoms with E-state index in [-0.39, 0.29) is 36.5 Å². The normalized spacial score (nSPS) is 12.5. The Bertz CT molecular complexity index is 205. The Balaban J connectivity index is 0. The molecule has 0 aliphatic rings. The fraction of sp³-hybridized carbons (Fsp3) is 0.889. The van der Waals surface area contributed by atoms with Gasteiger partial charge >= 0.3 is 6.18 Å². The van der Waals surface area contributed by atoms with Crippen LogP contribution in [0.3, 0.4) is 0 Å². The van der Waals surface area contributed by atoms with Crippen LogP contribution in [0.25, 0.3) is 0 Å². The predicted octanol–water partition coefficient (Wildman–Crippen LogP) is 2.51. The molecular weight excluding hydrogens is 334 g/mol. The average molecular weight is 353 g/mol. The van der Waals surface area contributed by atoms with E-state index in [0.29, 0.717) is 12.5 Å². The lowest BCUT2D eigenvalue weighted by Crippen LogP contribution is -2.34. The van der Waals surface area contributed by atoms with E-state index in [9.17, 15) is 13.2 Å². The summed E-state index contributed by atoms with van der Waals surface area (Å²) in [4.78, 5) is 3.90. The first-order chi connectivity index (χ1) is 6.81. The van der Waals surface area contributed by atoms with Gasteiger partial charge in [-0.05, 0) is 12.3 Å². The van der Waals surface area contributed by atoms with Gasteiger partial charge in [-0.2, -0.15) is 13.2 Å². The Hall–Kier alpha value is -0.210. The fourth-order valence-electron chi connectivity index (χ4n) is 0.831. The topological polar surface area (TPSA) is 50.4 Å². The second-order valence-electron chi connectivity index (χ2n) is 3.74.